The fourth-order valence-corrected chi connectivity index (χ4v) is 1.30. The Morgan fingerprint density at radius 3 is 2.62 bits per heavy atom. The van der Waals surface area contributed by atoms with Crippen LogP contribution in [0.2, 0.25) is 0 Å². The maximum Gasteiger partial charge on any atom is 0.246 e. The number of carbonyl (C=O) groups is 1. The van der Waals surface area contributed by atoms with E-state index in [4.69, 9.17) is 5.11 Å². The highest BCUT2D eigenvalue weighted by molar-refractivity contribution is 5.77. The molecule has 0 spiro atoms. The molecule has 0 saturated heterocycles. The lowest BCUT2D eigenvalue weighted by Crippen LogP contribution is -2.31. The molecule has 1 amide bonds. The molecule has 0 bridgehead atoms. The molecular formula is C9H19NO3. The lowest BCUT2D eigenvalue weighted by Gasteiger charge is -2.16. The lowest BCUT2D eigenvalue weighted by atomic mass is 9.96. The van der Waals surface area contributed by atoms with Crippen LogP contribution >= 0.6 is 0 Å². The van der Waals surface area contributed by atoms with Crippen LogP contribution in [0.1, 0.15) is 33.1 Å². The maximum absolute atomic E-state index is 11.3. The summed E-state index contributed by atoms with van der Waals surface area (Å²) < 4.78 is 0. The molecule has 0 heterocycles. The SMILES string of the molecule is CCCC(C[C@@H](C)O)C(=O)NOC. The molecule has 4 heteroatoms. The number of amides is 1. The Hall–Kier alpha value is -0.610. The molecule has 4 nitrogen and oxygen atoms in total. The van der Waals surface area contributed by atoms with Crippen molar-refractivity contribution in [2.45, 2.75) is 39.2 Å². The molecule has 0 aliphatic rings. The quantitative estimate of drug-likeness (QED) is 0.609. The third-order valence-electron chi connectivity index (χ3n) is 1.84. The number of hydroxylamine groups is 1. The summed E-state index contributed by atoms with van der Waals surface area (Å²) in [5.41, 5.74) is 2.29. The van der Waals surface area contributed by atoms with Gasteiger partial charge in [0.15, 0.2) is 0 Å². The van der Waals surface area contributed by atoms with E-state index in [1.807, 2.05) is 6.92 Å². The molecule has 13 heavy (non-hydrogen) atoms. The van der Waals surface area contributed by atoms with Crippen molar-refractivity contribution in [3.63, 3.8) is 0 Å². The number of nitrogens with one attached hydrogen (secondary N) is 1. The highest BCUT2D eigenvalue weighted by atomic mass is 16.6. The van der Waals surface area contributed by atoms with Crippen molar-refractivity contribution in [2.75, 3.05) is 7.11 Å². The van der Waals surface area contributed by atoms with Gasteiger partial charge in [-0.25, -0.2) is 5.48 Å². The van der Waals surface area contributed by atoms with Gasteiger partial charge in [-0.3, -0.25) is 9.63 Å². The van der Waals surface area contributed by atoms with Crippen molar-refractivity contribution in [3.05, 3.63) is 0 Å². The second kappa shape index (κ2) is 6.86. The monoisotopic (exact) mass is 189 g/mol. The molecule has 2 atom stereocenters. The molecule has 0 aromatic heterocycles. The van der Waals surface area contributed by atoms with Crippen molar-refractivity contribution in [1.82, 2.24) is 5.48 Å². The van der Waals surface area contributed by atoms with Gasteiger partial charge in [0.25, 0.3) is 0 Å². The Kier molecular flexibility index (Phi) is 6.54. The molecule has 0 rings (SSSR count). The molecule has 0 saturated carbocycles. The number of aliphatic hydroxyl groups is 1. The molecule has 0 fully saturated rings. The molecular weight excluding hydrogens is 170 g/mol. The van der Waals surface area contributed by atoms with Crippen molar-refractivity contribution >= 4 is 5.91 Å². The highest BCUT2D eigenvalue weighted by Crippen LogP contribution is 2.13. The Labute approximate surface area is 79.2 Å². The van der Waals surface area contributed by atoms with Crippen LogP contribution in [0.25, 0.3) is 0 Å². The summed E-state index contributed by atoms with van der Waals surface area (Å²) in [6.45, 7) is 3.69. The summed E-state index contributed by atoms with van der Waals surface area (Å²) in [6.07, 6.45) is 1.75. The molecule has 0 aliphatic heterocycles. The normalized spacial score (nSPS) is 15.1. The van der Waals surface area contributed by atoms with E-state index in [0.29, 0.717) is 6.42 Å². The predicted molar refractivity (Wildman–Crippen MR) is 49.8 cm³/mol. The van der Waals surface area contributed by atoms with Crippen molar-refractivity contribution in [2.24, 2.45) is 5.92 Å². The van der Waals surface area contributed by atoms with E-state index in [9.17, 15) is 4.79 Å². The molecule has 0 radical (unpaired) electrons. The van der Waals surface area contributed by atoms with Crippen LogP contribution in [0, 0.1) is 5.92 Å². The van der Waals surface area contributed by atoms with E-state index in [2.05, 4.69) is 10.3 Å². The standard InChI is InChI=1S/C9H19NO3/c1-4-5-8(6-7(2)11)9(12)10-13-3/h7-8,11H,4-6H2,1-3H3,(H,10,12)/t7-,8?/m1/s1. The second-order valence-electron chi connectivity index (χ2n) is 3.24. The number of hydrogen-bond acceptors (Lipinski definition) is 3. The highest BCUT2D eigenvalue weighted by Gasteiger charge is 2.19. The molecule has 0 aromatic carbocycles. The Bertz CT molecular complexity index is 148. The summed E-state index contributed by atoms with van der Waals surface area (Å²) in [5.74, 6) is -0.296. The Balaban J connectivity index is 3.98. The molecule has 0 aromatic rings. The number of aliphatic hydroxyl groups excluding tert-OH is 1. The first-order chi connectivity index (χ1) is 6.11. The number of hydrogen-bond donors (Lipinski definition) is 2. The van der Waals surface area contributed by atoms with Crippen molar-refractivity contribution < 1.29 is 14.7 Å². The van der Waals surface area contributed by atoms with Gasteiger partial charge in [0.05, 0.1) is 13.2 Å². The van der Waals surface area contributed by atoms with E-state index in [1.54, 1.807) is 6.92 Å². The zero-order valence-corrected chi connectivity index (χ0v) is 8.54. The van der Waals surface area contributed by atoms with Crippen LogP contribution < -0.4 is 5.48 Å². The van der Waals surface area contributed by atoms with Gasteiger partial charge in [0.1, 0.15) is 0 Å². The average Bonchev–Trinajstić information content (AvgIpc) is 2.03. The fraction of sp³-hybridized carbons (Fsp3) is 0.889. The van der Waals surface area contributed by atoms with Crippen LogP contribution in [0.4, 0.5) is 0 Å². The van der Waals surface area contributed by atoms with Gasteiger partial charge in [0.2, 0.25) is 5.91 Å². The molecule has 78 valence electrons. The van der Waals surface area contributed by atoms with Crippen LogP contribution in [0.5, 0.6) is 0 Å². The van der Waals surface area contributed by atoms with E-state index >= 15 is 0 Å². The third-order valence-corrected chi connectivity index (χ3v) is 1.84. The van der Waals surface area contributed by atoms with Gasteiger partial charge >= 0.3 is 0 Å². The zero-order valence-electron chi connectivity index (χ0n) is 8.54. The Morgan fingerprint density at radius 2 is 2.23 bits per heavy atom. The fourth-order valence-electron chi connectivity index (χ4n) is 1.30. The van der Waals surface area contributed by atoms with Gasteiger partial charge in [-0.1, -0.05) is 13.3 Å². The topological polar surface area (TPSA) is 58.6 Å². The first kappa shape index (κ1) is 12.4. The second-order valence-corrected chi connectivity index (χ2v) is 3.24. The Morgan fingerprint density at radius 1 is 1.62 bits per heavy atom. The van der Waals surface area contributed by atoms with Crippen LogP contribution in [0.15, 0.2) is 0 Å². The van der Waals surface area contributed by atoms with E-state index in [1.165, 1.54) is 7.11 Å². The zero-order chi connectivity index (χ0) is 10.3. The summed E-state index contributed by atoms with van der Waals surface area (Å²) in [6, 6.07) is 0. The minimum Gasteiger partial charge on any atom is -0.393 e. The van der Waals surface area contributed by atoms with Crippen LogP contribution in [-0.4, -0.2) is 24.2 Å². The summed E-state index contributed by atoms with van der Waals surface area (Å²) in [5, 5.41) is 9.15. The molecule has 0 aliphatic carbocycles. The first-order valence-electron chi connectivity index (χ1n) is 4.62. The molecule has 1 unspecified atom stereocenters. The third kappa shape index (κ3) is 5.60. The number of carbonyl (C=O) groups excluding carboxylic acids is 1. The average molecular weight is 189 g/mol. The van der Waals surface area contributed by atoms with Gasteiger partial charge in [-0.05, 0) is 19.8 Å². The maximum atomic E-state index is 11.3. The van der Waals surface area contributed by atoms with Gasteiger partial charge in [-0.15, -0.1) is 0 Å². The van der Waals surface area contributed by atoms with Gasteiger partial charge in [0, 0.05) is 5.92 Å². The molecule has 2 N–H and O–H groups in total. The summed E-state index contributed by atoms with van der Waals surface area (Å²) >= 11 is 0. The van der Waals surface area contributed by atoms with Crippen molar-refractivity contribution in [3.8, 4) is 0 Å². The van der Waals surface area contributed by atoms with E-state index in [0.717, 1.165) is 12.8 Å². The minimum absolute atomic E-state index is 0.148. The predicted octanol–water partition coefficient (Wildman–Crippen LogP) is 0.851. The number of rotatable bonds is 6. The minimum atomic E-state index is -0.445. The largest absolute Gasteiger partial charge is 0.393 e. The van der Waals surface area contributed by atoms with Gasteiger partial charge in [-0.2, -0.15) is 0 Å². The van der Waals surface area contributed by atoms with Crippen LogP contribution in [0.3, 0.4) is 0 Å². The summed E-state index contributed by atoms with van der Waals surface area (Å²) in [7, 11) is 1.41. The van der Waals surface area contributed by atoms with E-state index in [-0.39, 0.29) is 11.8 Å². The van der Waals surface area contributed by atoms with E-state index < -0.39 is 6.10 Å². The summed E-state index contributed by atoms with van der Waals surface area (Å²) in [4.78, 5) is 15.9. The smallest absolute Gasteiger partial charge is 0.246 e. The first-order valence-corrected chi connectivity index (χ1v) is 4.62. The van der Waals surface area contributed by atoms with Crippen LogP contribution in [-0.2, 0) is 9.63 Å². The van der Waals surface area contributed by atoms with Gasteiger partial charge < -0.3 is 5.11 Å². The lowest BCUT2D eigenvalue weighted by molar-refractivity contribution is -0.136. The van der Waals surface area contributed by atoms with Crippen molar-refractivity contribution in [1.29, 1.82) is 0 Å².